The van der Waals surface area contributed by atoms with Gasteiger partial charge in [0.15, 0.2) is 5.82 Å². The topological polar surface area (TPSA) is 74.7 Å². The fraction of sp³-hybridized carbons (Fsp3) is 0.0769. The minimum absolute atomic E-state index is 0.361. The highest BCUT2D eigenvalue weighted by Crippen LogP contribution is 2.28. The molecule has 1 heterocycles. The van der Waals surface area contributed by atoms with Crippen LogP contribution in [0.5, 0.6) is 0 Å². The number of pyridine rings is 1. The Morgan fingerprint density at radius 3 is 2.89 bits per heavy atom. The van der Waals surface area contributed by atoms with Crippen LogP contribution in [-0.2, 0) is 0 Å². The molecule has 2 rings (SSSR count). The fourth-order valence-electron chi connectivity index (χ4n) is 1.54. The third-order valence-electron chi connectivity index (χ3n) is 2.63. The van der Waals surface area contributed by atoms with Gasteiger partial charge in [0, 0.05) is 16.4 Å². The molecular formula is C13H11BrN4. The van der Waals surface area contributed by atoms with Crippen LogP contribution in [0.25, 0.3) is 0 Å². The van der Waals surface area contributed by atoms with Crippen LogP contribution < -0.4 is 11.1 Å². The molecule has 4 nitrogen and oxygen atoms in total. The summed E-state index contributed by atoms with van der Waals surface area (Å²) in [6.07, 6.45) is 1.56. The zero-order valence-electron chi connectivity index (χ0n) is 9.74. The predicted molar refractivity (Wildman–Crippen MR) is 75.5 cm³/mol. The Balaban J connectivity index is 2.41. The number of nitrogen functional groups attached to an aromatic ring is 1. The molecule has 0 unspecified atom stereocenters. The molecule has 0 fully saturated rings. The van der Waals surface area contributed by atoms with Crippen LogP contribution in [-0.4, -0.2) is 4.98 Å². The van der Waals surface area contributed by atoms with Gasteiger partial charge in [-0.1, -0.05) is 22.0 Å². The van der Waals surface area contributed by atoms with Crippen molar-refractivity contribution in [2.24, 2.45) is 0 Å². The van der Waals surface area contributed by atoms with Crippen molar-refractivity contribution in [2.75, 3.05) is 11.1 Å². The Hall–Kier alpha value is -2.06. The molecule has 1 aromatic heterocycles. The molecule has 2 aromatic rings. The lowest BCUT2D eigenvalue weighted by atomic mass is 10.2. The molecule has 18 heavy (non-hydrogen) atoms. The van der Waals surface area contributed by atoms with Crippen LogP contribution in [0.1, 0.15) is 11.1 Å². The Morgan fingerprint density at radius 1 is 1.39 bits per heavy atom. The number of hydrogen-bond acceptors (Lipinski definition) is 4. The maximum absolute atomic E-state index is 8.91. The molecule has 0 radical (unpaired) electrons. The zero-order chi connectivity index (χ0) is 13.1. The summed E-state index contributed by atoms with van der Waals surface area (Å²) in [6.45, 7) is 1.98. The van der Waals surface area contributed by atoms with Crippen LogP contribution in [0.2, 0.25) is 0 Å². The van der Waals surface area contributed by atoms with Crippen molar-refractivity contribution in [1.82, 2.24) is 4.98 Å². The molecule has 0 atom stereocenters. The van der Waals surface area contributed by atoms with Crippen LogP contribution in [0.3, 0.4) is 0 Å². The minimum Gasteiger partial charge on any atom is -0.395 e. The summed E-state index contributed by atoms with van der Waals surface area (Å²) in [5.74, 6) is 0.496. The van der Waals surface area contributed by atoms with E-state index in [0.29, 0.717) is 17.1 Å². The molecule has 0 aliphatic rings. The minimum atomic E-state index is 0.361. The van der Waals surface area contributed by atoms with E-state index in [-0.39, 0.29) is 0 Å². The van der Waals surface area contributed by atoms with Crippen molar-refractivity contribution in [3.63, 3.8) is 0 Å². The summed E-state index contributed by atoms with van der Waals surface area (Å²) >= 11 is 3.46. The fourth-order valence-corrected chi connectivity index (χ4v) is 1.91. The molecule has 0 aliphatic carbocycles. The molecule has 1 aromatic carbocycles. The summed E-state index contributed by atoms with van der Waals surface area (Å²) < 4.78 is 1.00. The van der Waals surface area contributed by atoms with Crippen molar-refractivity contribution in [3.05, 3.63) is 46.1 Å². The number of nitrogens with zero attached hydrogens (tertiary/aromatic N) is 2. The lowest BCUT2D eigenvalue weighted by molar-refractivity contribution is 1.28. The monoisotopic (exact) mass is 302 g/mol. The van der Waals surface area contributed by atoms with Gasteiger partial charge in [0.05, 0.1) is 11.3 Å². The Bertz CT molecular complexity index is 631. The average Bonchev–Trinajstić information content (AvgIpc) is 2.37. The molecule has 0 aliphatic heterocycles. The van der Waals surface area contributed by atoms with Gasteiger partial charge in [-0.3, -0.25) is 0 Å². The van der Waals surface area contributed by atoms with E-state index in [4.69, 9.17) is 11.0 Å². The number of benzene rings is 1. The Labute approximate surface area is 114 Å². The second kappa shape index (κ2) is 5.07. The summed E-state index contributed by atoms with van der Waals surface area (Å²) in [6, 6.07) is 9.44. The van der Waals surface area contributed by atoms with Gasteiger partial charge in [0.25, 0.3) is 0 Å². The standard InChI is InChI=1S/C13H11BrN4/c1-8-10(14)3-2-4-11(8)18-13-12(16)9(7-15)5-6-17-13/h2-6H,16H2,1H3,(H,17,18). The molecule has 0 bridgehead atoms. The number of nitriles is 1. The zero-order valence-corrected chi connectivity index (χ0v) is 11.3. The second-order valence-corrected chi connectivity index (χ2v) is 4.62. The summed E-state index contributed by atoms with van der Waals surface area (Å²) in [7, 11) is 0. The number of hydrogen-bond donors (Lipinski definition) is 2. The second-order valence-electron chi connectivity index (χ2n) is 3.77. The van der Waals surface area contributed by atoms with Crippen molar-refractivity contribution in [3.8, 4) is 6.07 Å². The summed E-state index contributed by atoms with van der Waals surface area (Å²) in [5.41, 5.74) is 8.61. The lowest BCUT2D eigenvalue weighted by Gasteiger charge is -2.12. The van der Waals surface area contributed by atoms with Crippen LogP contribution in [0.15, 0.2) is 34.9 Å². The Morgan fingerprint density at radius 2 is 2.17 bits per heavy atom. The van der Waals surface area contributed by atoms with Crippen molar-refractivity contribution in [2.45, 2.75) is 6.92 Å². The first kappa shape index (κ1) is 12.4. The van der Waals surface area contributed by atoms with Gasteiger partial charge in [-0.2, -0.15) is 5.26 Å². The van der Waals surface area contributed by atoms with E-state index in [1.54, 1.807) is 12.3 Å². The number of aromatic nitrogens is 1. The van der Waals surface area contributed by atoms with E-state index in [1.807, 2.05) is 31.2 Å². The van der Waals surface area contributed by atoms with Crippen molar-refractivity contribution >= 4 is 33.1 Å². The normalized spacial score (nSPS) is 9.83. The van der Waals surface area contributed by atoms with E-state index >= 15 is 0 Å². The predicted octanol–water partition coefficient (Wildman–Crippen LogP) is 3.35. The number of nitrogens with two attached hydrogens (primary N) is 1. The summed E-state index contributed by atoms with van der Waals surface area (Å²) in [5, 5.41) is 12.1. The number of nitrogens with one attached hydrogen (secondary N) is 1. The third-order valence-corrected chi connectivity index (χ3v) is 3.49. The first-order valence-electron chi connectivity index (χ1n) is 5.30. The molecule has 0 saturated carbocycles. The first-order valence-corrected chi connectivity index (χ1v) is 6.09. The van der Waals surface area contributed by atoms with Gasteiger partial charge in [-0.25, -0.2) is 4.98 Å². The molecule has 5 heteroatoms. The summed E-state index contributed by atoms with van der Waals surface area (Å²) in [4.78, 5) is 4.15. The lowest BCUT2D eigenvalue weighted by Crippen LogP contribution is -2.02. The van der Waals surface area contributed by atoms with E-state index in [9.17, 15) is 0 Å². The van der Waals surface area contributed by atoms with E-state index in [1.165, 1.54) is 0 Å². The molecule has 0 amide bonds. The van der Waals surface area contributed by atoms with E-state index in [2.05, 4.69) is 26.2 Å². The number of anilines is 3. The third kappa shape index (κ3) is 2.29. The largest absolute Gasteiger partial charge is 0.395 e. The van der Waals surface area contributed by atoms with Gasteiger partial charge in [-0.15, -0.1) is 0 Å². The highest BCUT2D eigenvalue weighted by atomic mass is 79.9. The average molecular weight is 303 g/mol. The number of halogens is 1. The van der Waals surface area contributed by atoms with Crippen LogP contribution in [0.4, 0.5) is 17.2 Å². The quantitative estimate of drug-likeness (QED) is 0.892. The highest BCUT2D eigenvalue weighted by molar-refractivity contribution is 9.10. The number of rotatable bonds is 2. The van der Waals surface area contributed by atoms with Crippen LogP contribution >= 0.6 is 15.9 Å². The van der Waals surface area contributed by atoms with E-state index < -0.39 is 0 Å². The van der Waals surface area contributed by atoms with Crippen LogP contribution in [0, 0.1) is 18.3 Å². The van der Waals surface area contributed by atoms with Gasteiger partial charge in [0.1, 0.15) is 6.07 Å². The van der Waals surface area contributed by atoms with E-state index in [0.717, 1.165) is 15.7 Å². The molecule has 90 valence electrons. The molecule has 3 N–H and O–H groups in total. The SMILES string of the molecule is Cc1c(Br)cccc1Nc1nccc(C#N)c1N. The van der Waals surface area contributed by atoms with Crippen molar-refractivity contribution in [1.29, 1.82) is 5.26 Å². The maximum Gasteiger partial charge on any atom is 0.154 e. The maximum atomic E-state index is 8.91. The molecular weight excluding hydrogens is 292 g/mol. The molecule has 0 saturated heterocycles. The first-order chi connectivity index (χ1) is 8.63. The van der Waals surface area contributed by atoms with Gasteiger partial charge < -0.3 is 11.1 Å². The molecule has 0 spiro atoms. The van der Waals surface area contributed by atoms with Gasteiger partial charge in [0.2, 0.25) is 0 Å². The smallest absolute Gasteiger partial charge is 0.154 e. The van der Waals surface area contributed by atoms with Gasteiger partial charge in [-0.05, 0) is 30.7 Å². The van der Waals surface area contributed by atoms with Crippen molar-refractivity contribution < 1.29 is 0 Å². The van der Waals surface area contributed by atoms with Gasteiger partial charge >= 0.3 is 0 Å². The highest BCUT2D eigenvalue weighted by Gasteiger charge is 2.08. The Kier molecular flexibility index (Phi) is 3.49.